The minimum atomic E-state index is 0.142. The van der Waals surface area contributed by atoms with Crippen LogP contribution >= 0.6 is 0 Å². The maximum absolute atomic E-state index is 5.48. The van der Waals surface area contributed by atoms with Gasteiger partial charge < -0.3 is 4.42 Å². The number of hydrogen-bond acceptors (Lipinski definition) is 3. The smallest absolute Gasteiger partial charge is 0.122 e. The monoisotopic (exact) mass is 208 g/mol. The first kappa shape index (κ1) is 12.0. The van der Waals surface area contributed by atoms with Gasteiger partial charge in [0.2, 0.25) is 0 Å². The molecule has 1 heterocycles. The molecule has 0 fully saturated rings. The second-order valence-electron chi connectivity index (χ2n) is 3.66. The SMILES string of the molecule is C=CCCCCCC(NN)c1ccco1. The number of nitrogens with one attached hydrogen (secondary N) is 1. The summed E-state index contributed by atoms with van der Waals surface area (Å²) in [5, 5.41) is 0. The van der Waals surface area contributed by atoms with E-state index in [1.807, 2.05) is 18.2 Å². The van der Waals surface area contributed by atoms with Crippen molar-refractivity contribution >= 4 is 0 Å². The van der Waals surface area contributed by atoms with Crippen LogP contribution in [0.1, 0.15) is 43.9 Å². The molecule has 84 valence electrons. The topological polar surface area (TPSA) is 51.2 Å². The van der Waals surface area contributed by atoms with E-state index in [4.69, 9.17) is 10.3 Å². The Hall–Kier alpha value is -1.06. The van der Waals surface area contributed by atoms with Gasteiger partial charge in [0.25, 0.3) is 0 Å². The molecule has 0 saturated carbocycles. The molecule has 1 rings (SSSR count). The van der Waals surface area contributed by atoms with Crippen molar-refractivity contribution in [1.29, 1.82) is 0 Å². The summed E-state index contributed by atoms with van der Waals surface area (Å²) in [5.41, 5.74) is 2.78. The lowest BCUT2D eigenvalue weighted by Crippen LogP contribution is -2.27. The zero-order valence-corrected chi connectivity index (χ0v) is 9.11. The molecule has 1 unspecified atom stereocenters. The summed E-state index contributed by atoms with van der Waals surface area (Å²) in [6.07, 6.45) is 9.33. The number of unbranched alkanes of at least 4 members (excludes halogenated alkanes) is 3. The van der Waals surface area contributed by atoms with Gasteiger partial charge in [-0.05, 0) is 31.4 Å². The lowest BCUT2D eigenvalue weighted by Gasteiger charge is -2.12. The van der Waals surface area contributed by atoms with Gasteiger partial charge >= 0.3 is 0 Å². The van der Waals surface area contributed by atoms with Crippen LogP contribution in [-0.2, 0) is 0 Å². The van der Waals surface area contributed by atoms with Gasteiger partial charge in [-0.15, -0.1) is 6.58 Å². The second kappa shape index (κ2) is 7.26. The summed E-state index contributed by atoms with van der Waals surface area (Å²) >= 11 is 0. The summed E-state index contributed by atoms with van der Waals surface area (Å²) in [5.74, 6) is 6.40. The molecule has 3 heteroatoms. The van der Waals surface area contributed by atoms with E-state index in [0.29, 0.717) is 0 Å². The van der Waals surface area contributed by atoms with Crippen LogP contribution in [0.3, 0.4) is 0 Å². The first-order chi connectivity index (χ1) is 7.38. The zero-order chi connectivity index (χ0) is 10.9. The molecule has 0 spiro atoms. The second-order valence-corrected chi connectivity index (χ2v) is 3.66. The highest BCUT2D eigenvalue weighted by Crippen LogP contribution is 2.19. The molecule has 1 aromatic heterocycles. The normalized spacial score (nSPS) is 12.6. The fourth-order valence-corrected chi connectivity index (χ4v) is 1.61. The van der Waals surface area contributed by atoms with Gasteiger partial charge in [-0.25, -0.2) is 5.43 Å². The van der Waals surface area contributed by atoms with E-state index < -0.39 is 0 Å². The molecule has 0 saturated heterocycles. The molecular formula is C12H20N2O. The Morgan fingerprint density at radius 3 is 2.93 bits per heavy atom. The Morgan fingerprint density at radius 1 is 1.47 bits per heavy atom. The summed E-state index contributed by atoms with van der Waals surface area (Å²) < 4.78 is 5.31. The molecule has 1 aromatic rings. The van der Waals surface area contributed by atoms with Crippen molar-refractivity contribution < 1.29 is 4.42 Å². The van der Waals surface area contributed by atoms with Gasteiger partial charge in [0, 0.05) is 0 Å². The van der Waals surface area contributed by atoms with E-state index in [2.05, 4.69) is 12.0 Å². The van der Waals surface area contributed by atoms with Crippen molar-refractivity contribution in [2.75, 3.05) is 0 Å². The molecule has 15 heavy (non-hydrogen) atoms. The van der Waals surface area contributed by atoms with Gasteiger partial charge in [-0.2, -0.15) is 0 Å². The maximum Gasteiger partial charge on any atom is 0.122 e. The summed E-state index contributed by atoms with van der Waals surface area (Å²) in [6.45, 7) is 3.70. The van der Waals surface area contributed by atoms with E-state index >= 15 is 0 Å². The lowest BCUT2D eigenvalue weighted by atomic mass is 10.1. The van der Waals surface area contributed by atoms with E-state index in [9.17, 15) is 0 Å². The van der Waals surface area contributed by atoms with E-state index in [1.54, 1.807) is 6.26 Å². The van der Waals surface area contributed by atoms with Crippen LogP contribution in [0.5, 0.6) is 0 Å². The Balaban J connectivity index is 2.20. The van der Waals surface area contributed by atoms with Gasteiger partial charge in [-0.1, -0.05) is 18.9 Å². The molecule has 0 radical (unpaired) electrons. The average Bonchev–Trinajstić information content (AvgIpc) is 2.77. The van der Waals surface area contributed by atoms with Gasteiger partial charge in [-0.3, -0.25) is 5.84 Å². The standard InChI is InChI=1S/C12H20N2O/c1-2-3-4-5-6-8-11(14-13)12-9-7-10-15-12/h2,7,9-11,14H,1,3-6,8,13H2. The highest BCUT2D eigenvalue weighted by atomic mass is 16.3. The average molecular weight is 208 g/mol. The fourth-order valence-electron chi connectivity index (χ4n) is 1.61. The highest BCUT2D eigenvalue weighted by Gasteiger charge is 2.11. The highest BCUT2D eigenvalue weighted by molar-refractivity contribution is 5.03. The van der Waals surface area contributed by atoms with Crippen LogP contribution < -0.4 is 11.3 Å². The summed E-state index contributed by atoms with van der Waals surface area (Å²) in [6, 6.07) is 3.98. The first-order valence-corrected chi connectivity index (χ1v) is 5.49. The van der Waals surface area contributed by atoms with E-state index in [1.165, 1.54) is 12.8 Å². The molecule has 0 aliphatic heterocycles. The van der Waals surface area contributed by atoms with Crippen molar-refractivity contribution in [1.82, 2.24) is 5.43 Å². The quantitative estimate of drug-likeness (QED) is 0.299. The predicted molar refractivity (Wildman–Crippen MR) is 62.1 cm³/mol. The molecule has 3 N–H and O–H groups in total. The Kier molecular flexibility index (Phi) is 5.81. The van der Waals surface area contributed by atoms with Gasteiger partial charge in [0.05, 0.1) is 12.3 Å². The largest absolute Gasteiger partial charge is 0.468 e. The number of hydrogen-bond donors (Lipinski definition) is 2. The molecule has 0 aliphatic carbocycles. The van der Waals surface area contributed by atoms with E-state index in [-0.39, 0.29) is 6.04 Å². The van der Waals surface area contributed by atoms with Crippen molar-refractivity contribution in [3.05, 3.63) is 36.8 Å². The summed E-state index contributed by atoms with van der Waals surface area (Å²) in [7, 11) is 0. The Labute approximate surface area is 91.3 Å². The molecule has 0 aromatic carbocycles. The van der Waals surface area contributed by atoms with Crippen LogP contribution in [0, 0.1) is 0 Å². The van der Waals surface area contributed by atoms with Crippen molar-refractivity contribution in [2.24, 2.45) is 5.84 Å². The van der Waals surface area contributed by atoms with Crippen molar-refractivity contribution in [2.45, 2.75) is 38.1 Å². The summed E-state index contributed by atoms with van der Waals surface area (Å²) in [4.78, 5) is 0. The third-order valence-corrected chi connectivity index (χ3v) is 2.49. The number of furan rings is 1. The van der Waals surface area contributed by atoms with Crippen LogP contribution in [-0.4, -0.2) is 0 Å². The first-order valence-electron chi connectivity index (χ1n) is 5.49. The molecule has 3 nitrogen and oxygen atoms in total. The molecule has 0 amide bonds. The third kappa shape index (κ3) is 4.32. The minimum absolute atomic E-state index is 0.142. The molecule has 1 atom stereocenters. The van der Waals surface area contributed by atoms with Crippen molar-refractivity contribution in [3.8, 4) is 0 Å². The lowest BCUT2D eigenvalue weighted by molar-refractivity contribution is 0.390. The maximum atomic E-state index is 5.48. The number of hydrazine groups is 1. The Morgan fingerprint density at radius 2 is 2.33 bits per heavy atom. The van der Waals surface area contributed by atoms with Crippen LogP contribution in [0.15, 0.2) is 35.5 Å². The van der Waals surface area contributed by atoms with Crippen LogP contribution in [0.2, 0.25) is 0 Å². The number of nitrogens with two attached hydrogens (primary N) is 1. The van der Waals surface area contributed by atoms with E-state index in [0.717, 1.165) is 25.0 Å². The van der Waals surface area contributed by atoms with Crippen LogP contribution in [0.25, 0.3) is 0 Å². The number of allylic oxidation sites excluding steroid dienone is 1. The predicted octanol–water partition coefficient (Wildman–Crippen LogP) is 2.92. The minimum Gasteiger partial charge on any atom is -0.468 e. The Bertz CT molecular complexity index is 257. The number of rotatable bonds is 8. The molecule has 0 bridgehead atoms. The molecular weight excluding hydrogens is 188 g/mol. The van der Waals surface area contributed by atoms with Crippen LogP contribution in [0.4, 0.5) is 0 Å². The zero-order valence-electron chi connectivity index (χ0n) is 9.11. The third-order valence-electron chi connectivity index (χ3n) is 2.49. The van der Waals surface area contributed by atoms with Crippen molar-refractivity contribution in [3.63, 3.8) is 0 Å². The van der Waals surface area contributed by atoms with Gasteiger partial charge in [0.15, 0.2) is 0 Å². The van der Waals surface area contributed by atoms with Gasteiger partial charge in [0.1, 0.15) is 5.76 Å². The molecule has 0 aliphatic rings. The fraction of sp³-hybridized carbons (Fsp3) is 0.500.